The summed E-state index contributed by atoms with van der Waals surface area (Å²) < 4.78 is 2.41. The van der Waals surface area contributed by atoms with Gasteiger partial charge in [0, 0.05) is 31.4 Å². The van der Waals surface area contributed by atoms with Crippen LogP contribution in [0.2, 0.25) is 0 Å². The molecular formula is C14H24N4. The second-order valence-electron chi connectivity index (χ2n) is 5.61. The molecule has 1 atom stereocenters. The number of hydrogen-bond acceptors (Lipinski definition) is 3. The molecule has 2 heterocycles. The minimum atomic E-state index is 0.614. The van der Waals surface area contributed by atoms with Crippen molar-refractivity contribution in [3.05, 3.63) is 11.9 Å². The standard InChI is InChI=1S/C14H24N4/c1-3-17(13-5-4-8-15-9-13)14-16-11(2)10-18(14)12-6-7-12/h10,12-13,15H,3-9H2,1-2H3. The largest absolute Gasteiger partial charge is 0.338 e. The Hall–Kier alpha value is -1.03. The highest BCUT2D eigenvalue weighted by Crippen LogP contribution is 2.38. The van der Waals surface area contributed by atoms with Crippen LogP contribution >= 0.6 is 0 Å². The Bertz CT molecular complexity index is 402. The molecule has 0 spiro atoms. The number of rotatable bonds is 4. The van der Waals surface area contributed by atoms with Gasteiger partial charge in [0.05, 0.1) is 5.69 Å². The van der Waals surface area contributed by atoms with Gasteiger partial charge in [0.15, 0.2) is 0 Å². The Morgan fingerprint density at radius 1 is 1.44 bits per heavy atom. The van der Waals surface area contributed by atoms with Crippen LogP contribution in [0.3, 0.4) is 0 Å². The predicted molar refractivity (Wildman–Crippen MR) is 74.1 cm³/mol. The number of imidazole rings is 1. The normalized spacial score (nSPS) is 24.2. The predicted octanol–water partition coefficient (Wildman–Crippen LogP) is 2.10. The van der Waals surface area contributed by atoms with Crippen molar-refractivity contribution < 1.29 is 0 Å². The molecule has 1 unspecified atom stereocenters. The average molecular weight is 248 g/mol. The zero-order valence-electron chi connectivity index (χ0n) is 11.5. The third-order valence-electron chi connectivity index (χ3n) is 4.08. The molecular weight excluding hydrogens is 224 g/mol. The highest BCUT2D eigenvalue weighted by molar-refractivity contribution is 5.36. The number of hydrogen-bond donors (Lipinski definition) is 1. The van der Waals surface area contributed by atoms with Gasteiger partial charge >= 0.3 is 0 Å². The lowest BCUT2D eigenvalue weighted by Gasteiger charge is -2.35. The van der Waals surface area contributed by atoms with Crippen molar-refractivity contribution in [3.63, 3.8) is 0 Å². The molecule has 1 N–H and O–H groups in total. The van der Waals surface area contributed by atoms with E-state index in [1.54, 1.807) is 0 Å². The Morgan fingerprint density at radius 3 is 2.89 bits per heavy atom. The molecule has 0 radical (unpaired) electrons. The topological polar surface area (TPSA) is 33.1 Å². The summed E-state index contributed by atoms with van der Waals surface area (Å²) in [5.74, 6) is 1.20. The van der Waals surface area contributed by atoms with Gasteiger partial charge in [0.25, 0.3) is 0 Å². The van der Waals surface area contributed by atoms with Crippen LogP contribution in [0.5, 0.6) is 0 Å². The van der Waals surface area contributed by atoms with E-state index in [2.05, 4.69) is 34.8 Å². The lowest BCUT2D eigenvalue weighted by molar-refractivity contribution is 0.427. The quantitative estimate of drug-likeness (QED) is 0.886. The maximum atomic E-state index is 4.78. The summed E-state index contributed by atoms with van der Waals surface area (Å²) in [6.07, 6.45) is 7.44. The van der Waals surface area contributed by atoms with Crippen molar-refractivity contribution in [2.45, 2.75) is 51.6 Å². The maximum absolute atomic E-state index is 4.78. The monoisotopic (exact) mass is 248 g/mol. The van der Waals surface area contributed by atoms with Gasteiger partial charge in [-0.15, -0.1) is 0 Å². The molecule has 0 bridgehead atoms. The molecule has 1 aliphatic heterocycles. The number of aromatic nitrogens is 2. The Kier molecular flexibility index (Phi) is 3.29. The Labute approximate surface area is 109 Å². The van der Waals surface area contributed by atoms with Crippen molar-refractivity contribution in [2.75, 3.05) is 24.5 Å². The molecule has 1 aromatic heterocycles. The number of aryl methyl sites for hydroxylation is 1. The first-order chi connectivity index (χ1) is 8.79. The van der Waals surface area contributed by atoms with Gasteiger partial charge < -0.3 is 14.8 Å². The molecule has 3 rings (SSSR count). The van der Waals surface area contributed by atoms with Crippen LogP contribution in [-0.4, -0.2) is 35.2 Å². The number of nitrogens with one attached hydrogen (secondary N) is 1. The molecule has 2 fully saturated rings. The van der Waals surface area contributed by atoms with Crippen molar-refractivity contribution in [1.82, 2.24) is 14.9 Å². The van der Waals surface area contributed by atoms with Crippen LogP contribution in [0.15, 0.2) is 6.20 Å². The van der Waals surface area contributed by atoms with Crippen LogP contribution in [0.25, 0.3) is 0 Å². The summed E-state index contributed by atoms with van der Waals surface area (Å²) in [7, 11) is 0. The number of anilines is 1. The van der Waals surface area contributed by atoms with E-state index in [0.29, 0.717) is 12.1 Å². The smallest absolute Gasteiger partial charge is 0.206 e. The van der Waals surface area contributed by atoms with E-state index < -0.39 is 0 Å². The molecule has 1 saturated carbocycles. The van der Waals surface area contributed by atoms with Gasteiger partial charge in [-0.1, -0.05) is 0 Å². The molecule has 2 aliphatic rings. The SMILES string of the molecule is CCN(c1nc(C)cn1C1CC1)C1CCCNC1. The first-order valence-electron chi connectivity index (χ1n) is 7.32. The fourth-order valence-electron chi connectivity index (χ4n) is 3.00. The molecule has 0 aromatic carbocycles. The minimum absolute atomic E-state index is 0.614. The summed E-state index contributed by atoms with van der Waals surface area (Å²) in [5.41, 5.74) is 1.15. The highest BCUT2D eigenvalue weighted by Gasteiger charge is 2.30. The van der Waals surface area contributed by atoms with Crippen LogP contribution in [-0.2, 0) is 0 Å². The first kappa shape index (κ1) is 12.0. The third-order valence-corrected chi connectivity index (χ3v) is 4.08. The maximum Gasteiger partial charge on any atom is 0.206 e. The average Bonchev–Trinajstić information content (AvgIpc) is 3.16. The second-order valence-corrected chi connectivity index (χ2v) is 5.61. The fraction of sp³-hybridized carbons (Fsp3) is 0.786. The summed E-state index contributed by atoms with van der Waals surface area (Å²) in [4.78, 5) is 7.28. The van der Waals surface area contributed by atoms with Gasteiger partial charge in [-0.25, -0.2) is 4.98 Å². The van der Waals surface area contributed by atoms with Gasteiger partial charge in [-0.2, -0.15) is 0 Å². The van der Waals surface area contributed by atoms with Crippen LogP contribution in [0, 0.1) is 6.92 Å². The van der Waals surface area contributed by atoms with E-state index in [-0.39, 0.29) is 0 Å². The molecule has 4 nitrogen and oxygen atoms in total. The molecule has 1 aliphatic carbocycles. The van der Waals surface area contributed by atoms with E-state index >= 15 is 0 Å². The van der Waals surface area contributed by atoms with E-state index in [9.17, 15) is 0 Å². The highest BCUT2D eigenvalue weighted by atomic mass is 15.3. The number of piperidine rings is 1. The Morgan fingerprint density at radius 2 is 2.28 bits per heavy atom. The van der Waals surface area contributed by atoms with Gasteiger partial charge in [-0.3, -0.25) is 0 Å². The zero-order valence-corrected chi connectivity index (χ0v) is 11.5. The molecule has 4 heteroatoms. The Balaban J connectivity index is 1.85. The summed E-state index contributed by atoms with van der Waals surface area (Å²) in [6, 6.07) is 1.33. The van der Waals surface area contributed by atoms with Crippen molar-refractivity contribution in [2.24, 2.45) is 0 Å². The minimum Gasteiger partial charge on any atom is -0.338 e. The third kappa shape index (κ3) is 2.26. The van der Waals surface area contributed by atoms with Crippen LogP contribution in [0.1, 0.15) is 44.3 Å². The van der Waals surface area contributed by atoms with E-state index in [0.717, 1.165) is 18.8 Å². The second kappa shape index (κ2) is 4.92. The van der Waals surface area contributed by atoms with Crippen molar-refractivity contribution in [3.8, 4) is 0 Å². The van der Waals surface area contributed by atoms with Gasteiger partial charge in [-0.05, 0) is 46.1 Å². The molecule has 1 saturated heterocycles. The first-order valence-corrected chi connectivity index (χ1v) is 7.32. The fourth-order valence-corrected chi connectivity index (χ4v) is 3.00. The molecule has 18 heavy (non-hydrogen) atoms. The van der Waals surface area contributed by atoms with Crippen molar-refractivity contribution >= 4 is 5.95 Å². The van der Waals surface area contributed by atoms with Crippen LogP contribution < -0.4 is 10.2 Å². The van der Waals surface area contributed by atoms with Gasteiger partial charge in [0.2, 0.25) is 5.95 Å². The van der Waals surface area contributed by atoms with E-state index in [4.69, 9.17) is 4.98 Å². The molecule has 0 amide bonds. The van der Waals surface area contributed by atoms with Crippen LogP contribution in [0.4, 0.5) is 5.95 Å². The summed E-state index contributed by atoms with van der Waals surface area (Å²) in [6.45, 7) is 7.68. The summed E-state index contributed by atoms with van der Waals surface area (Å²) in [5, 5.41) is 3.51. The lowest BCUT2D eigenvalue weighted by Crippen LogP contribution is -2.47. The zero-order chi connectivity index (χ0) is 12.5. The van der Waals surface area contributed by atoms with E-state index in [1.807, 2.05) is 0 Å². The lowest BCUT2D eigenvalue weighted by atomic mass is 10.1. The van der Waals surface area contributed by atoms with E-state index in [1.165, 1.54) is 38.2 Å². The van der Waals surface area contributed by atoms with Crippen molar-refractivity contribution in [1.29, 1.82) is 0 Å². The van der Waals surface area contributed by atoms with Gasteiger partial charge in [0.1, 0.15) is 0 Å². The molecule has 1 aromatic rings. The number of nitrogens with zero attached hydrogens (tertiary/aromatic N) is 3. The number of likely N-dealkylation sites (N-methyl/N-ethyl adjacent to an activating group) is 1. The summed E-state index contributed by atoms with van der Waals surface area (Å²) >= 11 is 0. The molecule has 100 valence electrons.